The van der Waals surface area contributed by atoms with Crippen LogP contribution in [0.4, 0.5) is 13.2 Å². The van der Waals surface area contributed by atoms with Gasteiger partial charge >= 0.3 is 6.18 Å². The summed E-state index contributed by atoms with van der Waals surface area (Å²) in [6.07, 6.45) is -4.32. The molecule has 0 radical (unpaired) electrons. The second-order valence-corrected chi connectivity index (χ2v) is 4.44. The third-order valence-electron chi connectivity index (χ3n) is 2.77. The Labute approximate surface area is 115 Å². The molecule has 4 nitrogen and oxygen atoms in total. The number of nitrogens with zero attached hydrogens (tertiary/aromatic N) is 1. The van der Waals surface area contributed by atoms with E-state index in [1.54, 1.807) is 12.1 Å². The normalized spacial score (nSPS) is 13.1. The fourth-order valence-electron chi connectivity index (χ4n) is 1.77. The first kappa shape index (κ1) is 16.3. The van der Waals surface area contributed by atoms with Crippen molar-refractivity contribution < 1.29 is 23.1 Å². The van der Waals surface area contributed by atoms with E-state index in [4.69, 9.17) is 10.8 Å². The molecular formula is C13H17F3N2O2. The van der Waals surface area contributed by atoms with Gasteiger partial charge in [0, 0.05) is 6.54 Å². The van der Waals surface area contributed by atoms with E-state index in [0.717, 1.165) is 0 Å². The Hall–Kier alpha value is -1.76. The number of phenols is 1. The topological polar surface area (TPSA) is 66.6 Å². The number of halogens is 3. The molecule has 0 spiro atoms. The van der Waals surface area contributed by atoms with Crippen LogP contribution in [0.1, 0.15) is 12.5 Å². The predicted molar refractivity (Wildman–Crippen MR) is 68.1 cm³/mol. The minimum absolute atomic E-state index is 0.0539. The van der Waals surface area contributed by atoms with Gasteiger partial charge in [0.1, 0.15) is 12.3 Å². The summed E-state index contributed by atoms with van der Waals surface area (Å²) in [5, 5.41) is 9.12. The number of hydrogen-bond donors (Lipinski definition) is 2. The van der Waals surface area contributed by atoms with Crippen LogP contribution in [-0.2, 0) is 11.2 Å². The van der Waals surface area contributed by atoms with E-state index in [1.165, 1.54) is 19.1 Å². The van der Waals surface area contributed by atoms with E-state index in [-0.39, 0.29) is 18.7 Å². The summed E-state index contributed by atoms with van der Waals surface area (Å²) < 4.78 is 37.0. The molecule has 0 aliphatic heterocycles. The lowest BCUT2D eigenvalue weighted by Gasteiger charge is -2.25. The number of carbonyl (C=O) groups excluding carboxylic acids is 1. The molecule has 0 bridgehead atoms. The van der Waals surface area contributed by atoms with E-state index in [2.05, 4.69) is 0 Å². The predicted octanol–water partition coefficient (Wildman–Crippen LogP) is 1.67. The van der Waals surface area contributed by atoms with Gasteiger partial charge < -0.3 is 15.7 Å². The third kappa shape index (κ3) is 5.08. The van der Waals surface area contributed by atoms with Gasteiger partial charge in [-0.05, 0) is 31.0 Å². The molecule has 1 amide bonds. The number of phenolic OH excluding ortho intramolecular Hbond substituents is 1. The molecule has 0 aromatic heterocycles. The van der Waals surface area contributed by atoms with Crippen molar-refractivity contribution in [3.63, 3.8) is 0 Å². The first-order valence-electron chi connectivity index (χ1n) is 6.12. The number of hydrogen-bond acceptors (Lipinski definition) is 3. The van der Waals surface area contributed by atoms with E-state index < -0.39 is 24.7 Å². The van der Waals surface area contributed by atoms with Crippen LogP contribution in [0.3, 0.4) is 0 Å². The van der Waals surface area contributed by atoms with Crippen LogP contribution >= 0.6 is 0 Å². The number of carbonyl (C=O) groups is 1. The molecule has 0 fully saturated rings. The Morgan fingerprint density at radius 1 is 1.35 bits per heavy atom. The third-order valence-corrected chi connectivity index (χ3v) is 2.77. The van der Waals surface area contributed by atoms with Crippen molar-refractivity contribution in [1.29, 1.82) is 0 Å². The van der Waals surface area contributed by atoms with Crippen LogP contribution in [0.2, 0.25) is 0 Å². The number of rotatable bonds is 5. The number of alkyl halides is 3. The summed E-state index contributed by atoms with van der Waals surface area (Å²) >= 11 is 0. The summed E-state index contributed by atoms with van der Waals surface area (Å²) in [5.41, 5.74) is 6.33. The van der Waals surface area contributed by atoms with Gasteiger partial charge in [-0.25, -0.2) is 0 Å². The van der Waals surface area contributed by atoms with E-state index in [1.807, 2.05) is 0 Å². The van der Waals surface area contributed by atoms with Gasteiger partial charge in [0.2, 0.25) is 5.91 Å². The molecule has 0 aliphatic carbocycles. The van der Waals surface area contributed by atoms with Gasteiger partial charge in [-0.3, -0.25) is 4.79 Å². The smallest absolute Gasteiger partial charge is 0.406 e. The summed E-state index contributed by atoms with van der Waals surface area (Å²) in [4.78, 5) is 12.6. The zero-order valence-electron chi connectivity index (χ0n) is 11.0. The van der Waals surface area contributed by atoms with Crippen LogP contribution in [-0.4, -0.2) is 41.2 Å². The monoisotopic (exact) mass is 290 g/mol. The molecule has 1 atom stereocenters. The fraction of sp³-hybridized carbons (Fsp3) is 0.462. The second kappa shape index (κ2) is 6.60. The van der Waals surface area contributed by atoms with Crippen molar-refractivity contribution in [1.82, 2.24) is 4.90 Å². The van der Waals surface area contributed by atoms with Gasteiger partial charge in [-0.1, -0.05) is 12.1 Å². The van der Waals surface area contributed by atoms with Crippen LogP contribution < -0.4 is 5.73 Å². The fourth-order valence-corrected chi connectivity index (χ4v) is 1.77. The van der Waals surface area contributed by atoms with Gasteiger partial charge in [0.25, 0.3) is 0 Å². The van der Waals surface area contributed by atoms with Gasteiger partial charge in [-0.2, -0.15) is 13.2 Å². The van der Waals surface area contributed by atoms with Crippen molar-refractivity contribution in [3.8, 4) is 5.75 Å². The van der Waals surface area contributed by atoms with Crippen LogP contribution in [0, 0.1) is 0 Å². The minimum Gasteiger partial charge on any atom is -0.508 e. The maximum absolute atomic E-state index is 12.3. The number of nitrogens with two attached hydrogens (primary N) is 1. The molecule has 3 N–H and O–H groups in total. The lowest BCUT2D eigenvalue weighted by atomic mass is 10.1. The first-order valence-corrected chi connectivity index (χ1v) is 6.12. The Bertz CT molecular complexity index is 446. The van der Waals surface area contributed by atoms with Crippen LogP contribution in [0.5, 0.6) is 5.75 Å². The Balaban J connectivity index is 2.67. The molecule has 1 rings (SSSR count). The highest BCUT2D eigenvalue weighted by Gasteiger charge is 2.33. The van der Waals surface area contributed by atoms with E-state index in [0.29, 0.717) is 10.5 Å². The number of aromatic hydroxyl groups is 1. The van der Waals surface area contributed by atoms with E-state index in [9.17, 15) is 18.0 Å². The van der Waals surface area contributed by atoms with Crippen molar-refractivity contribution >= 4 is 5.91 Å². The van der Waals surface area contributed by atoms with Crippen molar-refractivity contribution in [2.45, 2.75) is 25.6 Å². The van der Waals surface area contributed by atoms with Crippen molar-refractivity contribution in [2.24, 2.45) is 5.73 Å². The standard InChI is InChI=1S/C13H17F3N2O2/c1-2-18(8-13(14,15)16)12(20)11(17)7-9-3-5-10(19)6-4-9/h3-6,11,19H,2,7-8,17H2,1H3/t11-/m1/s1. The molecule has 0 aliphatic rings. The number of benzene rings is 1. The highest BCUT2D eigenvalue weighted by molar-refractivity contribution is 5.82. The quantitative estimate of drug-likeness (QED) is 0.867. The highest BCUT2D eigenvalue weighted by atomic mass is 19.4. The second-order valence-electron chi connectivity index (χ2n) is 4.44. The van der Waals surface area contributed by atoms with Crippen molar-refractivity contribution in [3.05, 3.63) is 29.8 Å². The molecule has 7 heteroatoms. The number of likely N-dealkylation sites (N-methyl/N-ethyl adjacent to an activating group) is 1. The Morgan fingerprint density at radius 2 is 1.90 bits per heavy atom. The summed E-state index contributed by atoms with van der Waals surface area (Å²) in [6, 6.07) is 4.96. The molecule has 0 saturated heterocycles. The molecule has 1 aromatic rings. The largest absolute Gasteiger partial charge is 0.508 e. The average Bonchev–Trinajstić information content (AvgIpc) is 2.36. The molecule has 0 unspecified atom stereocenters. The van der Waals surface area contributed by atoms with Gasteiger partial charge in [-0.15, -0.1) is 0 Å². The molecule has 20 heavy (non-hydrogen) atoms. The minimum atomic E-state index is -4.44. The molecule has 112 valence electrons. The molecule has 0 saturated carbocycles. The average molecular weight is 290 g/mol. The summed E-state index contributed by atoms with van der Waals surface area (Å²) in [7, 11) is 0. The molecular weight excluding hydrogens is 273 g/mol. The van der Waals surface area contributed by atoms with Gasteiger partial charge in [0.15, 0.2) is 0 Å². The lowest BCUT2D eigenvalue weighted by Crippen LogP contribution is -2.48. The molecule has 0 heterocycles. The van der Waals surface area contributed by atoms with Crippen LogP contribution in [0.25, 0.3) is 0 Å². The Kier molecular flexibility index (Phi) is 5.38. The zero-order chi connectivity index (χ0) is 15.3. The van der Waals surface area contributed by atoms with E-state index >= 15 is 0 Å². The van der Waals surface area contributed by atoms with Gasteiger partial charge in [0.05, 0.1) is 6.04 Å². The van der Waals surface area contributed by atoms with Crippen molar-refractivity contribution in [2.75, 3.05) is 13.1 Å². The number of amides is 1. The molecule has 1 aromatic carbocycles. The summed E-state index contributed by atoms with van der Waals surface area (Å²) in [6.45, 7) is 0.115. The lowest BCUT2D eigenvalue weighted by molar-refractivity contribution is -0.161. The SMILES string of the molecule is CCN(CC(F)(F)F)C(=O)[C@H](N)Cc1ccc(O)cc1. The zero-order valence-corrected chi connectivity index (χ0v) is 11.0. The first-order chi connectivity index (χ1) is 9.23. The van der Waals surface area contributed by atoms with Crippen LogP contribution in [0.15, 0.2) is 24.3 Å². The maximum Gasteiger partial charge on any atom is 0.406 e. The summed E-state index contributed by atoms with van der Waals surface area (Å²) in [5.74, 6) is -0.668. The Morgan fingerprint density at radius 3 is 2.35 bits per heavy atom. The maximum atomic E-state index is 12.3. The highest BCUT2D eigenvalue weighted by Crippen LogP contribution is 2.17.